The molecule has 0 amide bonds. The van der Waals surface area contributed by atoms with Crippen LogP contribution in [-0.4, -0.2) is 12.1 Å². The molecule has 0 fully saturated rings. The fourth-order valence-corrected chi connectivity index (χ4v) is 0.760. The van der Waals surface area contributed by atoms with Gasteiger partial charge in [0.1, 0.15) is 0 Å². The second kappa shape index (κ2) is 6.00. The molecule has 1 aromatic carbocycles. The van der Waals surface area contributed by atoms with Crippen molar-refractivity contribution < 1.29 is 39.1 Å². The van der Waals surface area contributed by atoms with Gasteiger partial charge in [0.2, 0.25) is 0 Å². The average molecular weight is 170 g/mol. The number of Topliss-reactive ketones (excluding diaryl/α,β-unsaturated/α-hetero) is 1. The molecule has 0 bridgehead atoms. The number of aldehydes is 1. The molecule has 0 saturated heterocycles. The molecule has 0 aliphatic heterocycles. The first-order valence-corrected chi connectivity index (χ1v) is 3.22. The van der Waals surface area contributed by atoms with Crippen molar-refractivity contribution in [2.75, 3.05) is 0 Å². The molecule has 0 aromatic heterocycles. The van der Waals surface area contributed by atoms with Gasteiger partial charge in [-0.25, -0.2) is 0 Å². The maximum atomic E-state index is 11.0. The van der Waals surface area contributed by atoms with Crippen molar-refractivity contribution in [2.45, 2.75) is 0 Å². The Hall–Kier alpha value is -0.570. The number of benzene rings is 1. The van der Waals surface area contributed by atoms with Crippen LogP contribution in [0.1, 0.15) is 10.4 Å². The van der Waals surface area contributed by atoms with Gasteiger partial charge in [0.15, 0.2) is 0 Å². The Bertz CT molecular complexity index is 256. The van der Waals surface area contributed by atoms with Gasteiger partial charge in [0.05, 0.1) is 6.29 Å². The normalized spacial score (nSPS) is 8.00. The van der Waals surface area contributed by atoms with Crippen LogP contribution in [0, 0.1) is 6.42 Å². The van der Waals surface area contributed by atoms with Crippen LogP contribution in [0.25, 0.3) is 0 Å². The van der Waals surface area contributed by atoms with Crippen molar-refractivity contribution in [3.63, 3.8) is 0 Å². The van der Waals surface area contributed by atoms with Gasteiger partial charge in [-0.1, -0.05) is 18.2 Å². The van der Waals surface area contributed by atoms with Crippen molar-refractivity contribution in [1.82, 2.24) is 0 Å². The molecule has 12 heavy (non-hydrogen) atoms. The minimum atomic E-state index is -0.249. The van der Waals surface area contributed by atoms with E-state index in [1.165, 1.54) is 0 Å². The van der Waals surface area contributed by atoms with Crippen LogP contribution in [0.3, 0.4) is 0 Å². The molecular formula is C9H7NaO2. The van der Waals surface area contributed by atoms with Gasteiger partial charge in [-0.2, -0.15) is 0 Å². The van der Waals surface area contributed by atoms with E-state index in [2.05, 4.69) is 0 Å². The van der Waals surface area contributed by atoms with Crippen molar-refractivity contribution in [1.29, 1.82) is 0 Å². The zero-order valence-electron chi connectivity index (χ0n) is 6.86. The van der Waals surface area contributed by atoms with E-state index < -0.39 is 0 Å². The van der Waals surface area contributed by atoms with Crippen LogP contribution in [0.4, 0.5) is 0 Å². The quantitative estimate of drug-likeness (QED) is 0.178. The van der Waals surface area contributed by atoms with E-state index in [-0.39, 0.29) is 35.3 Å². The molecule has 0 aliphatic rings. The number of hydrogen-bond acceptors (Lipinski definition) is 2. The van der Waals surface area contributed by atoms with Gasteiger partial charge in [0.25, 0.3) is 0 Å². The summed E-state index contributed by atoms with van der Waals surface area (Å²) in [5, 5.41) is 0. The average Bonchev–Trinajstić information content (AvgIpc) is 2.07. The summed E-state index contributed by atoms with van der Waals surface area (Å²) in [6, 6.07) is 8.67. The number of rotatable bonds is 3. The van der Waals surface area contributed by atoms with Gasteiger partial charge in [-0.05, 0) is 0 Å². The zero-order valence-corrected chi connectivity index (χ0v) is 8.86. The minimum Gasteiger partial charge on any atom is -0.331 e. The molecule has 56 valence electrons. The van der Waals surface area contributed by atoms with Crippen molar-refractivity contribution >= 4 is 12.1 Å². The molecule has 1 rings (SSSR count). The molecule has 0 atom stereocenters. The van der Waals surface area contributed by atoms with Crippen LogP contribution in [-0.2, 0) is 4.79 Å². The van der Waals surface area contributed by atoms with Crippen LogP contribution >= 0.6 is 0 Å². The smallest absolute Gasteiger partial charge is 0.331 e. The summed E-state index contributed by atoms with van der Waals surface area (Å²) in [5.74, 6) is -0.249. The van der Waals surface area contributed by atoms with Crippen LogP contribution in [0.5, 0.6) is 0 Å². The number of ketones is 1. The summed E-state index contributed by atoms with van der Waals surface area (Å²) < 4.78 is 0. The van der Waals surface area contributed by atoms with E-state index in [0.717, 1.165) is 6.42 Å². The third-order valence-corrected chi connectivity index (χ3v) is 1.28. The SMILES string of the molecule is O=C[CH-]C(=O)c1ccccc1.[Na+]. The summed E-state index contributed by atoms with van der Waals surface area (Å²) in [7, 11) is 0. The topological polar surface area (TPSA) is 34.1 Å². The van der Waals surface area contributed by atoms with Crippen molar-refractivity contribution in [3.8, 4) is 0 Å². The standard InChI is InChI=1S/C9H7O2.Na/c10-7-6-9(11)8-4-2-1-3-5-8;/h1-7H;/q-1;+1. The van der Waals surface area contributed by atoms with Crippen LogP contribution in [0.15, 0.2) is 30.3 Å². The van der Waals surface area contributed by atoms with Gasteiger partial charge in [-0.3, -0.25) is 0 Å². The van der Waals surface area contributed by atoms with Crippen molar-refractivity contribution in [2.24, 2.45) is 0 Å². The third-order valence-electron chi connectivity index (χ3n) is 1.28. The van der Waals surface area contributed by atoms with E-state index in [9.17, 15) is 9.59 Å². The molecule has 0 heterocycles. The Labute approximate surface area is 93.3 Å². The van der Waals surface area contributed by atoms with Gasteiger partial charge < -0.3 is 9.59 Å². The second-order valence-electron chi connectivity index (χ2n) is 2.03. The van der Waals surface area contributed by atoms with E-state index in [0.29, 0.717) is 11.8 Å². The molecule has 0 N–H and O–H groups in total. The number of hydrogen-bond donors (Lipinski definition) is 0. The zero-order chi connectivity index (χ0) is 8.10. The molecule has 1 aromatic rings. The maximum absolute atomic E-state index is 11.0. The summed E-state index contributed by atoms with van der Waals surface area (Å²) in [4.78, 5) is 20.9. The van der Waals surface area contributed by atoms with Crippen molar-refractivity contribution in [3.05, 3.63) is 42.3 Å². The second-order valence-corrected chi connectivity index (χ2v) is 2.03. The first kappa shape index (κ1) is 11.4. The summed E-state index contributed by atoms with van der Waals surface area (Å²) in [6.07, 6.45) is 1.50. The van der Waals surface area contributed by atoms with Crippen LogP contribution in [0.2, 0.25) is 0 Å². The third kappa shape index (κ3) is 3.22. The van der Waals surface area contributed by atoms with Gasteiger partial charge in [-0.15, -0.1) is 24.1 Å². The molecular weight excluding hydrogens is 163 g/mol. The Morgan fingerprint density at radius 3 is 2.33 bits per heavy atom. The first-order chi connectivity index (χ1) is 5.34. The Kier molecular flexibility index (Phi) is 5.72. The number of carbonyl (C=O) groups excluding carboxylic acids is 2. The Morgan fingerprint density at radius 2 is 1.83 bits per heavy atom. The molecule has 0 saturated carbocycles. The fourth-order valence-electron chi connectivity index (χ4n) is 0.760. The monoisotopic (exact) mass is 170 g/mol. The predicted molar refractivity (Wildman–Crippen MR) is 41.1 cm³/mol. The molecule has 3 heteroatoms. The Morgan fingerprint density at radius 1 is 1.25 bits per heavy atom. The fraction of sp³-hybridized carbons (Fsp3) is 0. The van der Waals surface area contributed by atoms with Gasteiger partial charge >= 0.3 is 29.6 Å². The van der Waals surface area contributed by atoms with E-state index >= 15 is 0 Å². The Balaban J connectivity index is 0.00000121. The molecule has 0 unspecified atom stereocenters. The molecule has 0 radical (unpaired) electrons. The largest absolute Gasteiger partial charge is 1.00 e. The molecule has 0 spiro atoms. The van der Waals surface area contributed by atoms with E-state index in [1.54, 1.807) is 24.3 Å². The van der Waals surface area contributed by atoms with Crippen LogP contribution < -0.4 is 29.6 Å². The molecule has 0 aliphatic carbocycles. The maximum Gasteiger partial charge on any atom is 1.00 e. The minimum absolute atomic E-state index is 0. The molecule has 2 nitrogen and oxygen atoms in total. The van der Waals surface area contributed by atoms with Gasteiger partial charge in [0, 0.05) is 5.78 Å². The predicted octanol–water partition coefficient (Wildman–Crippen LogP) is -1.72. The first-order valence-electron chi connectivity index (χ1n) is 3.22. The van der Waals surface area contributed by atoms with E-state index in [1.807, 2.05) is 6.07 Å². The number of carbonyl (C=O) groups is 2. The summed E-state index contributed by atoms with van der Waals surface area (Å²) in [5.41, 5.74) is 0.541. The van der Waals surface area contributed by atoms with E-state index in [4.69, 9.17) is 0 Å². The summed E-state index contributed by atoms with van der Waals surface area (Å²) in [6.45, 7) is 0. The summed E-state index contributed by atoms with van der Waals surface area (Å²) >= 11 is 0.